The summed E-state index contributed by atoms with van der Waals surface area (Å²) in [7, 11) is 1.60. The normalized spacial score (nSPS) is 11.8. The molecule has 0 spiro atoms. The summed E-state index contributed by atoms with van der Waals surface area (Å²) in [6.45, 7) is 0. The third-order valence-electron chi connectivity index (χ3n) is 1.93. The van der Waals surface area contributed by atoms with Crippen molar-refractivity contribution in [1.29, 1.82) is 0 Å². The van der Waals surface area contributed by atoms with E-state index in [-0.39, 0.29) is 5.69 Å². The van der Waals surface area contributed by atoms with Crippen LogP contribution in [0.3, 0.4) is 0 Å². The van der Waals surface area contributed by atoms with Gasteiger partial charge in [-0.05, 0) is 6.07 Å². The Labute approximate surface area is 95.9 Å². The van der Waals surface area contributed by atoms with Gasteiger partial charge in [-0.1, -0.05) is 0 Å². The summed E-state index contributed by atoms with van der Waals surface area (Å²) in [4.78, 5) is 32.6. The fraction of sp³-hybridized carbons (Fsp3) is 0.333. The van der Waals surface area contributed by atoms with Gasteiger partial charge in [0.15, 0.2) is 0 Å². The number of hydrogen-bond donors (Lipinski definition) is 3. The summed E-state index contributed by atoms with van der Waals surface area (Å²) in [5.74, 6) is -3.44. The molecule has 1 amide bonds. The SMILES string of the molecule is Cn1ccc(C(=O)NC(CC(=O)O)C(=O)O)n1. The van der Waals surface area contributed by atoms with Crippen LogP contribution in [-0.2, 0) is 16.6 Å². The minimum atomic E-state index is -1.47. The zero-order valence-electron chi connectivity index (χ0n) is 8.95. The first-order valence-electron chi connectivity index (χ1n) is 4.65. The first-order chi connectivity index (χ1) is 7.90. The van der Waals surface area contributed by atoms with Crippen molar-refractivity contribution in [3.63, 3.8) is 0 Å². The van der Waals surface area contributed by atoms with Crippen LogP contribution in [0, 0.1) is 0 Å². The predicted molar refractivity (Wildman–Crippen MR) is 54.4 cm³/mol. The summed E-state index contributed by atoms with van der Waals surface area (Å²) in [6.07, 6.45) is 0.829. The minimum Gasteiger partial charge on any atom is -0.481 e. The number of carbonyl (C=O) groups excluding carboxylic acids is 1. The molecule has 0 aliphatic heterocycles. The van der Waals surface area contributed by atoms with Crippen LogP contribution in [-0.4, -0.2) is 43.9 Å². The highest BCUT2D eigenvalue weighted by molar-refractivity contribution is 5.95. The van der Waals surface area contributed by atoms with Gasteiger partial charge in [-0.3, -0.25) is 14.3 Å². The quantitative estimate of drug-likeness (QED) is 0.612. The van der Waals surface area contributed by atoms with E-state index in [0.717, 1.165) is 0 Å². The van der Waals surface area contributed by atoms with Gasteiger partial charge in [-0.15, -0.1) is 0 Å². The van der Waals surface area contributed by atoms with E-state index in [9.17, 15) is 14.4 Å². The van der Waals surface area contributed by atoms with Crippen molar-refractivity contribution >= 4 is 17.8 Å². The Bertz CT molecular complexity index is 453. The fourth-order valence-electron chi connectivity index (χ4n) is 1.14. The van der Waals surface area contributed by atoms with E-state index < -0.39 is 30.3 Å². The molecule has 0 aliphatic carbocycles. The van der Waals surface area contributed by atoms with E-state index in [1.54, 1.807) is 7.05 Å². The Kier molecular flexibility index (Phi) is 3.81. The summed E-state index contributed by atoms with van der Waals surface area (Å²) in [5, 5.41) is 23.1. The van der Waals surface area contributed by atoms with Gasteiger partial charge in [-0.2, -0.15) is 5.10 Å². The topological polar surface area (TPSA) is 122 Å². The summed E-state index contributed by atoms with van der Waals surface area (Å²) < 4.78 is 1.38. The lowest BCUT2D eigenvalue weighted by molar-refractivity contribution is -0.145. The molecule has 1 unspecified atom stereocenters. The molecule has 1 aromatic rings. The van der Waals surface area contributed by atoms with Gasteiger partial charge in [0.25, 0.3) is 5.91 Å². The van der Waals surface area contributed by atoms with Gasteiger partial charge in [0.05, 0.1) is 6.42 Å². The molecular weight excluding hydrogens is 230 g/mol. The third kappa shape index (κ3) is 3.59. The molecule has 3 N–H and O–H groups in total. The van der Waals surface area contributed by atoms with Gasteiger partial charge < -0.3 is 15.5 Å². The maximum absolute atomic E-state index is 11.5. The third-order valence-corrected chi connectivity index (χ3v) is 1.93. The standard InChI is InChI=1S/C9H11N3O5/c1-12-3-2-5(11-12)8(15)10-6(9(16)17)4-7(13)14/h2-3,6H,4H2,1H3,(H,10,15)(H,13,14)(H,16,17). The van der Waals surface area contributed by atoms with Gasteiger partial charge in [0.2, 0.25) is 0 Å². The number of aliphatic carboxylic acids is 2. The Morgan fingerprint density at radius 3 is 2.53 bits per heavy atom. The van der Waals surface area contributed by atoms with Gasteiger partial charge in [0.1, 0.15) is 11.7 Å². The highest BCUT2D eigenvalue weighted by Gasteiger charge is 2.24. The second-order valence-corrected chi connectivity index (χ2v) is 3.34. The number of carboxylic acid groups (broad SMARTS) is 2. The van der Waals surface area contributed by atoms with Crippen LogP contribution in [0.25, 0.3) is 0 Å². The Hall–Kier alpha value is -2.38. The molecule has 1 atom stereocenters. The van der Waals surface area contributed by atoms with Crippen LogP contribution in [0.1, 0.15) is 16.9 Å². The number of carbonyl (C=O) groups is 3. The zero-order chi connectivity index (χ0) is 13.0. The van der Waals surface area contributed by atoms with Gasteiger partial charge in [-0.25, -0.2) is 4.79 Å². The molecule has 0 aliphatic rings. The van der Waals surface area contributed by atoms with Crippen molar-refractivity contribution in [3.05, 3.63) is 18.0 Å². The Morgan fingerprint density at radius 1 is 1.47 bits per heavy atom. The average molecular weight is 241 g/mol. The number of aryl methyl sites for hydroxylation is 1. The van der Waals surface area contributed by atoms with Crippen LogP contribution in [0.2, 0.25) is 0 Å². The fourth-order valence-corrected chi connectivity index (χ4v) is 1.14. The van der Waals surface area contributed by atoms with Crippen molar-refractivity contribution in [1.82, 2.24) is 15.1 Å². The summed E-state index contributed by atoms with van der Waals surface area (Å²) >= 11 is 0. The largest absolute Gasteiger partial charge is 0.481 e. The van der Waals surface area contributed by atoms with Crippen molar-refractivity contribution < 1.29 is 24.6 Å². The summed E-state index contributed by atoms with van der Waals surface area (Å²) in [5.41, 5.74) is 0.0316. The Balaban J connectivity index is 2.70. The van der Waals surface area contributed by atoms with E-state index in [0.29, 0.717) is 0 Å². The van der Waals surface area contributed by atoms with Crippen molar-refractivity contribution in [2.45, 2.75) is 12.5 Å². The van der Waals surface area contributed by atoms with Crippen LogP contribution >= 0.6 is 0 Å². The molecule has 0 fully saturated rings. The number of aromatic nitrogens is 2. The van der Waals surface area contributed by atoms with E-state index in [1.165, 1.54) is 16.9 Å². The molecule has 0 bridgehead atoms. The van der Waals surface area contributed by atoms with Crippen LogP contribution < -0.4 is 5.32 Å². The number of hydrogen-bond acceptors (Lipinski definition) is 4. The second-order valence-electron chi connectivity index (χ2n) is 3.34. The lowest BCUT2D eigenvalue weighted by Gasteiger charge is -2.10. The molecule has 0 saturated heterocycles. The van der Waals surface area contributed by atoms with Gasteiger partial charge in [0, 0.05) is 13.2 Å². The van der Waals surface area contributed by atoms with Crippen molar-refractivity contribution in [3.8, 4) is 0 Å². The number of carboxylic acids is 2. The molecular formula is C9H11N3O5. The summed E-state index contributed by atoms with van der Waals surface area (Å²) in [6, 6.07) is -0.0725. The maximum Gasteiger partial charge on any atom is 0.326 e. The maximum atomic E-state index is 11.5. The van der Waals surface area contributed by atoms with Crippen molar-refractivity contribution in [2.24, 2.45) is 7.05 Å². The van der Waals surface area contributed by atoms with E-state index in [4.69, 9.17) is 10.2 Å². The average Bonchev–Trinajstić information content (AvgIpc) is 2.63. The molecule has 17 heavy (non-hydrogen) atoms. The molecule has 0 aromatic carbocycles. The molecule has 92 valence electrons. The molecule has 8 heteroatoms. The van der Waals surface area contributed by atoms with E-state index in [1.807, 2.05) is 0 Å². The van der Waals surface area contributed by atoms with Crippen LogP contribution in [0.5, 0.6) is 0 Å². The molecule has 1 aromatic heterocycles. The van der Waals surface area contributed by atoms with Crippen LogP contribution in [0.15, 0.2) is 12.3 Å². The smallest absolute Gasteiger partial charge is 0.326 e. The molecule has 0 radical (unpaired) electrons. The number of amides is 1. The number of rotatable bonds is 5. The second kappa shape index (κ2) is 5.10. The van der Waals surface area contributed by atoms with E-state index >= 15 is 0 Å². The van der Waals surface area contributed by atoms with E-state index in [2.05, 4.69) is 10.4 Å². The number of nitrogens with one attached hydrogen (secondary N) is 1. The Morgan fingerprint density at radius 2 is 2.12 bits per heavy atom. The van der Waals surface area contributed by atoms with Gasteiger partial charge >= 0.3 is 11.9 Å². The minimum absolute atomic E-state index is 0.0316. The molecule has 0 saturated carbocycles. The first-order valence-corrected chi connectivity index (χ1v) is 4.65. The lowest BCUT2D eigenvalue weighted by atomic mass is 10.2. The molecule has 8 nitrogen and oxygen atoms in total. The first kappa shape index (κ1) is 12.7. The zero-order valence-corrected chi connectivity index (χ0v) is 8.95. The number of nitrogens with zero attached hydrogens (tertiary/aromatic N) is 2. The lowest BCUT2D eigenvalue weighted by Crippen LogP contribution is -2.42. The van der Waals surface area contributed by atoms with Crippen LogP contribution in [0.4, 0.5) is 0 Å². The molecule has 1 heterocycles. The van der Waals surface area contributed by atoms with Crippen molar-refractivity contribution in [2.75, 3.05) is 0 Å². The highest BCUT2D eigenvalue weighted by Crippen LogP contribution is 1.98. The highest BCUT2D eigenvalue weighted by atomic mass is 16.4. The predicted octanol–water partition coefficient (Wildman–Crippen LogP) is -0.922. The monoisotopic (exact) mass is 241 g/mol. The molecule has 1 rings (SSSR count).